The first kappa shape index (κ1) is 10.9. The van der Waals surface area contributed by atoms with E-state index in [4.69, 9.17) is 0 Å². The monoisotopic (exact) mass is 171 g/mol. The summed E-state index contributed by atoms with van der Waals surface area (Å²) in [6.07, 6.45) is 3.48. The first-order valence-corrected chi connectivity index (χ1v) is 7.32. The van der Waals surface area contributed by atoms with Gasteiger partial charge in [-0.1, -0.05) is 31.3 Å². The van der Waals surface area contributed by atoms with Crippen LogP contribution < -0.4 is 0 Å². The number of allylic oxidation sites excluding steroid dienone is 1. The van der Waals surface area contributed by atoms with Crippen molar-refractivity contribution in [2.45, 2.75) is 26.4 Å². The standard InChI is InChI=1S/C9H21NSi/c1-6-8-11(5,7-2)9-10(3)4/h6,8H,7,9H2,1-5H3/b8-6-. The third kappa shape index (κ3) is 4.38. The van der Waals surface area contributed by atoms with E-state index < -0.39 is 8.07 Å². The predicted octanol–water partition coefficient (Wildman–Crippen LogP) is 2.30. The van der Waals surface area contributed by atoms with Gasteiger partial charge in [-0.15, -0.1) is 0 Å². The molecule has 0 aliphatic heterocycles. The van der Waals surface area contributed by atoms with Gasteiger partial charge in [0.2, 0.25) is 0 Å². The predicted molar refractivity (Wildman–Crippen MR) is 55.5 cm³/mol. The van der Waals surface area contributed by atoms with Crippen LogP contribution in [0.25, 0.3) is 0 Å². The molecule has 0 N–H and O–H groups in total. The van der Waals surface area contributed by atoms with Crippen molar-refractivity contribution in [1.82, 2.24) is 4.90 Å². The first-order valence-electron chi connectivity index (χ1n) is 4.32. The van der Waals surface area contributed by atoms with E-state index in [-0.39, 0.29) is 0 Å². The molecule has 0 aromatic rings. The van der Waals surface area contributed by atoms with Gasteiger partial charge in [-0.25, -0.2) is 0 Å². The Kier molecular flexibility index (Phi) is 4.69. The molecule has 1 unspecified atom stereocenters. The van der Waals surface area contributed by atoms with Crippen molar-refractivity contribution >= 4 is 8.07 Å². The third-order valence-electron chi connectivity index (χ3n) is 2.05. The maximum atomic E-state index is 2.44. The molecule has 0 spiro atoms. The highest BCUT2D eigenvalue weighted by molar-refractivity contribution is 6.83. The Morgan fingerprint density at radius 3 is 2.18 bits per heavy atom. The summed E-state index contributed by atoms with van der Waals surface area (Å²) in [6, 6.07) is 1.34. The number of rotatable bonds is 4. The smallest absolute Gasteiger partial charge is 0.0884 e. The molecule has 0 aromatic carbocycles. The molecule has 0 aromatic heterocycles. The minimum atomic E-state index is -1.04. The maximum absolute atomic E-state index is 2.44. The van der Waals surface area contributed by atoms with Gasteiger partial charge in [-0.3, -0.25) is 0 Å². The molecule has 0 saturated heterocycles. The molecule has 0 radical (unpaired) electrons. The van der Waals surface area contributed by atoms with Gasteiger partial charge in [0.05, 0.1) is 8.07 Å². The van der Waals surface area contributed by atoms with Crippen LogP contribution in [-0.2, 0) is 0 Å². The highest BCUT2D eigenvalue weighted by Gasteiger charge is 2.21. The van der Waals surface area contributed by atoms with E-state index in [1.54, 1.807) is 0 Å². The summed E-state index contributed by atoms with van der Waals surface area (Å²) in [5, 5.41) is 0. The fraction of sp³-hybridized carbons (Fsp3) is 0.778. The first-order chi connectivity index (χ1) is 5.04. The lowest BCUT2D eigenvalue weighted by Crippen LogP contribution is -2.39. The molecule has 11 heavy (non-hydrogen) atoms. The Labute approximate surface area is 72.1 Å². The van der Waals surface area contributed by atoms with Crippen LogP contribution in [0.4, 0.5) is 0 Å². The molecule has 0 rings (SSSR count). The molecule has 0 heterocycles. The van der Waals surface area contributed by atoms with Crippen LogP contribution in [0, 0.1) is 0 Å². The SMILES string of the molecule is C/C=C\[Si](C)(CC)CN(C)C. The summed E-state index contributed by atoms with van der Waals surface area (Å²) in [7, 11) is 3.27. The number of hydrogen-bond donors (Lipinski definition) is 0. The zero-order chi connectivity index (χ0) is 8.91. The van der Waals surface area contributed by atoms with Crippen LogP contribution >= 0.6 is 0 Å². The van der Waals surface area contributed by atoms with Gasteiger partial charge in [-0.05, 0) is 27.2 Å². The van der Waals surface area contributed by atoms with Gasteiger partial charge in [0.15, 0.2) is 0 Å². The van der Waals surface area contributed by atoms with Gasteiger partial charge in [0.25, 0.3) is 0 Å². The molecule has 0 fully saturated rings. The van der Waals surface area contributed by atoms with Gasteiger partial charge >= 0.3 is 0 Å². The lowest BCUT2D eigenvalue weighted by Gasteiger charge is -2.25. The van der Waals surface area contributed by atoms with Crippen LogP contribution in [0.1, 0.15) is 13.8 Å². The minimum absolute atomic E-state index is 1.04. The molecular formula is C9H21NSi. The van der Waals surface area contributed by atoms with Crippen LogP contribution in [0.2, 0.25) is 12.6 Å². The van der Waals surface area contributed by atoms with Crippen molar-refractivity contribution in [1.29, 1.82) is 0 Å². The van der Waals surface area contributed by atoms with Crippen molar-refractivity contribution in [3.05, 3.63) is 11.8 Å². The highest BCUT2D eigenvalue weighted by Crippen LogP contribution is 2.11. The van der Waals surface area contributed by atoms with Crippen molar-refractivity contribution < 1.29 is 0 Å². The van der Waals surface area contributed by atoms with Crippen LogP contribution in [-0.4, -0.2) is 33.2 Å². The average Bonchev–Trinajstić information content (AvgIpc) is 1.87. The Balaban J connectivity index is 4.10. The van der Waals surface area contributed by atoms with Crippen molar-refractivity contribution in [2.75, 3.05) is 20.3 Å². The van der Waals surface area contributed by atoms with Gasteiger partial charge < -0.3 is 4.90 Å². The highest BCUT2D eigenvalue weighted by atomic mass is 28.3. The second kappa shape index (κ2) is 4.73. The van der Waals surface area contributed by atoms with Gasteiger partial charge in [0, 0.05) is 0 Å². The van der Waals surface area contributed by atoms with Gasteiger partial charge in [-0.2, -0.15) is 0 Å². The molecule has 66 valence electrons. The van der Waals surface area contributed by atoms with E-state index in [2.05, 4.69) is 51.2 Å². The Morgan fingerprint density at radius 1 is 1.36 bits per heavy atom. The maximum Gasteiger partial charge on any atom is 0.0884 e. The average molecular weight is 171 g/mol. The van der Waals surface area contributed by atoms with E-state index in [1.807, 2.05) is 0 Å². The van der Waals surface area contributed by atoms with Crippen molar-refractivity contribution in [3.8, 4) is 0 Å². The molecule has 1 nitrogen and oxygen atoms in total. The summed E-state index contributed by atoms with van der Waals surface area (Å²) in [6.45, 7) is 6.86. The summed E-state index contributed by atoms with van der Waals surface area (Å²) in [5.41, 5.74) is 2.44. The zero-order valence-corrected chi connectivity index (χ0v) is 9.52. The topological polar surface area (TPSA) is 3.24 Å². The minimum Gasteiger partial charge on any atom is -0.312 e. The van der Waals surface area contributed by atoms with E-state index in [9.17, 15) is 0 Å². The summed E-state index contributed by atoms with van der Waals surface area (Å²) >= 11 is 0. The second-order valence-corrected chi connectivity index (χ2v) is 8.41. The van der Waals surface area contributed by atoms with Gasteiger partial charge in [0.1, 0.15) is 0 Å². The number of nitrogens with zero attached hydrogens (tertiary/aromatic N) is 1. The third-order valence-corrected chi connectivity index (χ3v) is 6.16. The quantitative estimate of drug-likeness (QED) is 0.587. The van der Waals surface area contributed by atoms with Crippen molar-refractivity contribution in [3.63, 3.8) is 0 Å². The molecule has 0 aliphatic carbocycles. The Hall–Kier alpha value is -0.0831. The van der Waals surface area contributed by atoms with E-state index in [0.717, 1.165) is 0 Å². The molecule has 2 heteroatoms. The summed E-state index contributed by atoms with van der Waals surface area (Å²) < 4.78 is 0. The van der Waals surface area contributed by atoms with E-state index in [1.165, 1.54) is 12.2 Å². The molecule has 1 atom stereocenters. The lowest BCUT2D eigenvalue weighted by atomic mass is 10.8. The molecule has 0 aliphatic rings. The fourth-order valence-corrected chi connectivity index (χ4v) is 4.22. The lowest BCUT2D eigenvalue weighted by molar-refractivity contribution is 0.471. The van der Waals surface area contributed by atoms with E-state index in [0.29, 0.717) is 0 Å². The molecule has 0 amide bonds. The van der Waals surface area contributed by atoms with E-state index >= 15 is 0 Å². The Bertz CT molecular complexity index is 132. The summed E-state index contributed by atoms with van der Waals surface area (Å²) in [4.78, 5) is 2.30. The molecule has 0 bridgehead atoms. The molecular weight excluding hydrogens is 150 g/mol. The van der Waals surface area contributed by atoms with Crippen LogP contribution in [0.15, 0.2) is 11.8 Å². The molecule has 0 saturated carbocycles. The summed E-state index contributed by atoms with van der Waals surface area (Å²) in [5.74, 6) is 0. The second-order valence-electron chi connectivity index (χ2n) is 3.75. The number of hydrogen-bond acceptors (Lipinski definition) is 1. The van der Waals surface area contributed by atoms with Crippen molar-refractivity contribution in [2.24, 2.45) is 0 Å². The van der Waals surface area contributed by atoms with Crippen LogP contribution in [0.5, 0.6) is 0 Å². The normalized spacial score (nSPS) is 17.6. The fourth-order valence-electron chi connectivity index (χ4n) is 1.41. The zero-order valence-electron chi connectivity index (χ0n) is 8.52. The Morgan fingerprint density at radius 2 is 1.91 bits per heavy atom. The van der Waals surface area contributed by atoms with Crippen LogP contribution in [0.3, 0.4) is 0 Å². The largest absolute Gasteiger partial charge is 0.312 e.